The van der Waals surface area contributed by atoms with Gasteiger partial charge in [-0.3, -0.25) is 10.3 Å². The highest BCUT2D eigenvalue weighted by atomic mass is 35.5. The van der Waals surface area contributed by atoms with Crippen LogP contribution in [-0.4, -0.2) is 45.1 Å². The summed E-state index contributed by atoms with van der Waals surface area (Å²) in [7, 11) is 4.14. The Bertz CT molecular complexity index is 202. The van der Waals surface area contributed by atoms with E-state index in [9.17, 15) is 0 Å². The number of aliphatic imine (C=N–C) groups is 1. The predicted octanol–water partition coefficient (Wildman–Crippen LogP) is 1.20. The van der Waals surface area contributed by atoms with E-state index in [0.29, 0.717) is 11.8 Å². The van der Waals surface area contributed by atoms with E-state index in [1.165, 1.54) is 0 Å². The Balaban J connectivity index is 3.24. The molecule has 0 rings (SSSR count). The Morgan fingerprint density at radius 2 is 2.20 bits per heavy atom. The molecule has 0 aliphatic rings. The minimum Gasteiger partial charge on any atom is -0.338 e. The monoisotopic (exact) mass is 232 g/mol. The van der Waals surface area contributed by atoms with Crippen molar-refractivity contribution >= 4 is 17.9 Å². The third-order valence-electron chi connectivity index (χ3n) is 1.71. The molecule has 15 heavy (non-hydrogen) atoms. The lowest BCUT2D eigenvalue weighted by Gasteiger charge is -2.08. The molecule has 0 aliphatic carbocycles. The lowest BCUT2D eigenvalue weighted by Crippen LogP contribution is -2.21. The van der Waals surface area contributed by atoms with E-state index >= 15 is 0 Å². The molecule has 0 aliphatic heterocycles. The van der Waals surface area contributed by atoms with Crippen LogP contribution in [0.15, 0.2) is 16.2 Å². The van der Waals surface area contributed by atoms with Crippen LogP contribution in [-0.2, 0) is 0 Å². The molecule has 0 amide bonds. The highest BCUT2D eigenvalue weighted by Crippen LogP contribution is 1.90. The Hall–Kier alpha value is -0.580. The molecule has 0 saturated heterocycles. The van der Waals surface area contributed by atoms with E-state index in [-0.39, 0.29) is 0 Å². The molecule has 0 radical (unpaired) electrons. The van der Waals surface area contributed by atoms with Crippen LogP contribution in [0, 0.1) is 0 Å². The molecule has 0 heterocycles. The summed E-state index contributed by atoms with van der Waals surface area (Å²) >= 11 is 5.70. The Morgan fingerprint density at radius 1 is 1.47 bits per heavy atom. The first kappa shape index (κ1) is 14.4. The zero-order chi connectivity index (χ0) is 11.5. The van der Waals surface area contributed by atoms with Crippen molar-refractivity contribution in [3.63, 3.8) is 0 Å². The second-order valence-electron chi connectivity index (χ2n) is 3.41. The topological polar surface area (TPSA) is 39.7 Å². The Labute approximate surface area is 97.4 Å². The standard InChI is InChI=1S/C10H21ClN4/c1-4-10(11)14-9-13-8-12-6-5-7-15(2)3/h4,9,12H,5-8H2,1-3H3,(H,13,14)/b10-4-. The van der Waals surface area contributed by atoms with Crippen LogP contribution in [0.5, 0.6) is 0 Å². The quantitative estimate of drug-likeness (QED) is 0.286. The summed E-state index contributed by atoms with van der Waals surface area (Å²) in [6.45, 7) is 4.56. The summed E-state index contributed by atoms with van der Waals surface area (Å²) < 4.78 is 0. The molecular weight excluding hydrogens is 212 g/mol. The van der Waals surface area contributed by atoms with Crippen molar-refractivity contribution in [2.45, 2.75) is 13.3 Å². The maximum atomic E-state index is 5.70. The van der Waals surface area contributed by atoms with Crippen molar-refractivity contribution in [3.8, 4) is 0 Å². The van der Waals surface area contributed by atoms with Crippen LogP contribution >= 0.6 is 11.6 Å². The highest BCUT2D eigenvalue weighted by Gasteiger charge is 1.89. The summed E-state index contributed by atoms with van der Waals surface area (Å²) in [5.41, 5.74) is 0. The van der Waals surface area contributed by atoms with Crippen molar-refractivity contribution < 1.29 is 0 Å². The number of rotatable bonds is 8. The molecule has 0 unspecified atom stereocenters. The van der Waals surface area contributed by atoms with Crippen LogP contribution in [0.2, 0.25) is 0 Å². The van der Waals surface area contributed by atoms with E-state index in [0.717, 1.165) is 19.5 Å². The van der Waals surface area contributed by atoms with Gasteiger partial charge in [-0.2, -0.15) is 0 Å². The third kappa shape index (κ3) is 11.3. The zero-order valence-corrected chi connectivity index (χ0v) is 10.5. The van der Waals surface area contributed by atoms with Crippen molar-refractivity contribution in [2.75, 3.05) is 33.9 Å². The van der Waals surface area contributed by atoms with Crippen molar-refractivity contribution in [2.24, 2.45) is 4.99 Å². The van der Waals surface area contributed by atoms with Crippen LogP contribution in [0.1, 0.15) is 13.3 Å². The molecule has 0 aromatic rings. The maximum absolute atomic E-state index is 5.70. The lowest BCUT2D eigenvalue weighted by atomic mass is 10.4. The zero-order valence-electron chi connectivity index (χ0n) is 9.76. The smallest absolute Gasteiger partial charge is 0.102 e. The number of hydrogen-bond acceptors (Lipinski definition) is 3. The SMILES string of the molecule is C/C=C(/Cl)NC=NCNCCCN(C)C. The van der Waals surface area contributed by atoms with E-state index in [4.69, 9.17) is 11.6 Å². The molecule has 0 bridgehead atoms. The fourth-order valence-electron chi connectivity index (χ4n) is 0.900. The van der Waals surface area contributed by atoms with Crippen LogP contribution < -0.4 is 10.6 Å². The maximum Gasteiger partial charge on any atom is 0.102 e. The molecule has 0 aromatic heterocycles. The first-order valence-electron chi connectivity index (χ1n) is 5.09. The largest absolute Gasteiger partial charge is 0.338 e. The Kier molecular flexibility index (Phi) is 9.57. The number of nitrogens with one attached hydrogen (secondary N) is 2. The summed E-state index contributed by atoms with van der Waals surface area (Å²) in [6, 6.07) is 0. The molecule has 5 heteroatoms. The van der Waals surface area contributed by atoms with Gasteiger partial charge in [0.2, 0.25) is 0 Å². The number of allylic oxidation sites excluding steroid dienone is 1. The molecule has 0 saturated carbocycles. The number of halogens is 1. The van der Waals surface area contributed by atoms with Gasteiger partial charge in [0.25, 0.3) is 0 Å². The van der Waals surface area contributed by atoms with Gasteiger partial charge in [0.05, 0.1) is 13.0 Å². The van der Waals surface area contributed by atoms with Gasteiger partial charge in [-0.05, 0) is 40.5 Å². The van der Waals surface area contributed by atoms with Crippen molar-refractivity contribution in [1.82, 2.24) is 15.5 Å². The average molecular weight is 233 g/mol. The highest BCUT2D eigenvalue weighted by molar-refractivity contribution is 6.29. The van der Waals surface area contributed by atoms with Crippen LogP contribution in [0.4, 0.5) is 0 Å². The summed E-state index contributed by atoms with van der Waals surface area (Å²) in [5.74, 6) is 0. The van der Waals surface area contributed by atoms with Crippen LogP contribution in [0.3, 0.4) is 0 Å². The van der Waals surface area contributed by atoms with E-state index < -0.39 is 0 Å². The van der Waals surface area contributed by atoms with Gasteiger partial charge in [-0.1, -0.05) is 17.7 Å². The van der Waals surface area contributed by atoms with Gasteiger partial charge < -0.3 is 10.2 Å². The summed E-state index contributed by atoms with van der Waals surface area (Å²) in [6.07, 6.45) is 4.50. The summed E-state index contributed by atoms with van der Waals surface area (Å²) in [5, 5.41) is 6.62. The third-order valence-corrected chi connectivity index (χ3v) is 2.04. The van der Waals surface area contributed by atoms with E-state index in [1.807, 2.05) is 6.92 Å². The van der Waals surface area contributed by atoms with Gasteiger partial charge >= 0.3 is 0 Å². The second kappa shape index (κ2) is 9.96. The molecule has 4 nitrogen and oxygen atoms in total. The van der Waals surface area contributed by atoms with Gasteiger partial charge in [0.15, 0.2) is 0 Å². The van der Waals surface area contributed by atoms with Gasteiger partial charge in [0, 0.05) is 0 Å². The van der Waals surface area contributed by atoms with Gasteiger partial charge in [-0.15, -0.1) is 0 Å². The first-order chi connectivity index (χ1) is 7.16. The predicted molar refractivity (Wildman–Crippen MR) is 67.3 cm³/mol. The minimum atomic E-state index is 0.589. The lowest BCUT2D eigenvalue weighted by molar-refractivity contribution is 0.395. The van der Waals surface area contributed by atoms with Crippen molar-refractivity contribution in [3.05, 3.63) is 11.2 Å². The molecule has 0 fully saturated rings. The molecular formula is C10H21ClN4. The Morgan fingerprint density at radius 3 is 2.80 bits per heavy atom. The van der Waals surface area contributed by atoms with E-state index in [1.54, 1.807) is 12.4 Å². The molecule has 0 aromatic carbocycles. The van der Waals surface area contributed by atoms with E-state index in [2.05, 4.69) is 34.6 Å². The summed E-state index contributed by atoms with van der Waals surface area (Å²) in [4.78, 5) is 6.25. The van der Waals surface area contributed by atoms with Crippen molar-refractivity contribution in [1.29, 1.82) is 0 Å². The average Bonchev–Trinajstić information content (AvgIpc) is 2.21. The number of nitrogens with zero attached hydrogens (tertiary/aromatic N) is 2. The van der Waals surface area contributed by atoms with Gasteiger partial charge in [0.1, 0.15) is 5.16 Å². The fraction of sp³-hybridized carbons (Fsp3) is 0.700. The fourth-order valence-corrected chi connectivity index (χ4v) is 0.949. The van der Waals surface area contributed by atoms with Gasteiger partial charge in [-0.25, -0.2) is 0 Å². The molecule has 2 N–H and O–H groups in total. The normalized spacial score (nSPS) is 12.7. The molecule has 0 spiro atoms. The molecule has 0 atom stereocenters. The number of hydrogen-bond donors (Lipinski definition) is 2. The first-order valence-corrected chi connectivity index (χ1v) is 5.46. The molecule has 88 valence electrons. The minimum absolute atomic E-state index is 0.589. The second-order valence-corrected chi connectivity index (χ2v) is 3.81. The van der Waals surface area contributed by atoms with Crippen LogP contribution in [0.25, 0.3) is 0 Å².